The predicted octanol–water partition coefficient (Wildman–Crippen LogP) is 2.74. The van der Waals surface area contributed by atoms with Crippen molar-refractivity contribution in [2.75, 3.05) is 14.2 Å². The Morgan fingerprint density at radius 2 is 1.02 bits per heavy atom. The van der Waals surface area contributed by atoms with Crippen LogP contribution in [0.15, 0.2) is 78.1 Å². The summed E-state index contributed by atoms with van der Waals surface area (Å²) in [6.07, 6.45) is 2.45. The summed E-state index contributed by atoms with van der Waals surface area (Å²) in [7, 11) is 52.9. The Morgan fingerprint density at radius 3 is 1.48 bits per heavy atom. The topological polar surface area (TPSA) is 149 Å². The number of aryl methyl sites for hydroxylation is 6. The molecule has 9 rings (SSSR count). The van der Waals surface area contributed by atoms with Gasteiger partial charge in [-0.2, -0.15) is 0 Å². The molecule has 0 saturated carbocycles. The number of aromatic nitrogens is 10. The Kier molecular flexibility index (Phi) is 23.7. The summed E-state index contributed by atoms with van der Waals surface area (Å²) >= 11 is 3.25. The van der Waals surface area contributed by atoms with E-state index in [0.29, 0.717) is 79.6 Å². The van der Waals surface area contributed by atoms with Gasteiger partial charge in [-0.3, -0.25) is 8.80 Å². The monoisotopic (exact) mass is 1170 g/mol. The van der Waals surface area contributed by atoms with Gasteiger partial charge in [-0.05, 0) is 133 Å². The second kappa shape index (κ2) is 29.4. The summed E-state index contributed by atoms with van der Waals surface area (Å²) in [6.45, 7) is 15.6. The van der Waals surface area contributed by atoms with Crippen LogP contribution in [0.5, 0.6) is 11.5 Å². The number of rotatable bonds is 16. The standard InChI is InChI=1S/C21H19F2N5O.C15H12BrF2N3O.C12H19BN2O2.B16/c1-12-16(10-24-13(2)26-12)15-9-18(23)19(28-11-25-27-21(15)28)8-7-14-17(22)5-4-6-20(14)29-3;1-22-14-4-2-3-11(17)9(14)5-6-13-12(18)7-10(16)15-20-19-8-21(13)15;1-8-10(7-14-9(2)15-8)13-16-11(3,4)12(5,6)17-13;1-10(2)14(9)16(13(7)8)15(11(3)4)12(5)6/h4-6,9-11H,7-8H2,1-3H3;2-4,7-8H,5-6H2,1H3;7H,1-6H3;. The van der Waals surface area contributed by atoms with Crippen LogP contribution in [-0.4, -0.2) is 196 Å². The van der Waals surface area contributed by atoms with Crippen LogP contribution in [0.2, 0.25) is 0 Å². The average molecular weight is 1170 g/mol. The fraction of sp³-hybridized carbons (Fsp3) is 0.333. The van der Waals surface area contributed by atoms with Gasteiger partial charge < -0.3 is 18.8 Å². The lowest BCUT2D eigenvalue weighted by atomic mass is 8.44. The molecule has 8 aromatic rings. The van der Waals surface area contributed by atoms with Crippen LogP contribution in [0.25, 0.3) is 22.4 Å². The van der Waals surface area contributed by atoms with Crippen LogP contribution >= 0.6 is 15.9 Å². The number of nitrogens with zero attached hydrogens (tertiary/aromatic N) is 10. The van der Waals surface area contributed by atoms with Crippen LogP contribution < -0.4 is 14.9 Å². The highest BCUT2D eigenvalue weighted by Crippen LogP contribution is 2.37. The minimum absolute atomic E-state index is 0.251. The molecule has 1 saturated heterocycles. The largest absolute Gasteiger partial charge is 0.498 e. The van der Waals surface area contributed by atoms with Crippen molar-refractivity contribution in [1.29, 1.82) is 0 Å². The minimum Gasteiger partial charge on any atom is -0.496 e. The number of halogens is 5. The molecule has 0 aliphatic carbocycles. The van der Waals surface area contributed by atoms with Crippen molar-refractivity contribution in [3.63, 3.8) is 0 Å². The number of ether oxygens (including phenoxy) is 2. The zero-order valence-corrected chi connectivity index (χ0v) is 50.2. The molecule has 0 spiro atoms. The highest BCUT2D eigenvalue weighted by atomic mass is 79.9. The molecular formula is C48H50B17BrF4N10O4. The fourth-order valence-corrected chi connectivity index (χ4v) is 9.99. The first-order chi connectivity index (χ1) is 39.5. The van der Waals surface area contributed by atoms with Gasteiger partial charge in [-0.1, -0.05) is 12.1 Å². The molecule has 0 N–H and O–H groups in total. The maximum Gasteiger partial charge on any atom is 0.498 e. The normalized spacial score (nSPS) is 12.9. The maximum absolute atomic E-state index is 15.1. The van der Waals surface area contributed by atoms with E-state index < -0.39 is 56.3 Å². The molecular weight excluding hydrogens is 1120 g/mol. The van der Waals surface area contributed by atoms with E-state index in [2.05, 4.69) is 56.3 Å². The van der Waals surface area contributed by atoms with E-state index in [1.165, 1.54) is 51.1 Å². The third-order valence-corrected chi connectivity index (χ3v) is 15.3. The second-order valence-electron chi connectivity index (χ2n) is 21.0. The van der Waals surface area contributed by atoms with Crippen LogP contribution in [0.3, 0.4) is 0 Å². The Balaban J connectivity index is 0.000000185. The summed E-state index contributed by atoms with van der Waals surface area (Å²) < 4.78 is 83.5. The quantitative estimate of drug-likeness (QED) is 0.104. The predicted molar refractivity (Wildman–Crippen MR) is 344 cm³/mol. The Hall–Kier alpha value is -5.34. The van der Waals surface area contributed by atoms with Gasteiger partial charge in [-0.25, -0.2) is 37.5 Å². The molecule has 0 bridgehead atoms. The van der Waals surface area contributed by atoms with Gasteiger partial charge in [-0.15, -0.1) is 20.4 Å². The van der Waals surface area contributed by atoms with E-state index in [0.717, 1.165) is 22.7 Å². The van der Waals surface area contributed by atoms with Crippen molar-refractivity contribution < 1.29 is 36.3 Å². The summed E-state index contributed by atoms with van der Waals surface area (Å²) in [5.74, 6) is 0.733. The van der Waals surface area contributed by atoms with E-state index in [-0.39, 0.29) is 42.8 Å². The second-order valence-corrected chi connectivity index (χ2v) is 21.9. The van der Waals surface area contributed by atoms with Gasteiger partial charge in [0.25, 0.3) is 0 Å². The number of hydrogen-bond acceptors (Lipinski definition) is 12. The van der Waals surface area contributed by atoms with Gasteiger partial charge in [0.1, 0.15) is 59.1 Å². The Labute approximate surface area is 512 Å². The molecule has 1 aliphatic heterocycles. The van der Waals surface area contributed by atoms with Gasteiger partial charge >= 0.3 is 7.12 Å². The summed E-state index contributed by atoms with van der Waals surface area (Å²) in [5, 5.41) is 15.8. The van der Waals surface area contributed by atoms with E-state index >= 15 is 4.39 Å². The Bertz CT molecular complexity index is 3520. The summed E-state index contributed by atoms with van der Waals surface area (Å²) in [6, 6.07) is 12.0. The summed E-state index contributed by atoms with van der Waals surface area (Å²) in [5.41, 5.74) is 5.77. The first kappa shape index (κ1) is 67.8. The molecule has 6 aromatic heterocycles. The average Bonchev–Trinajstić information content (AvgIpc) is 2.81. The van der Waals surface area contributed by atoms with E-state index in [1.54, 1.807) is 52.4 Å². The zero-order chi connectivity index (χ0) is 62.1. The third kappa shape index (κ3) is 16.0. The maximum atomic E-state index is 15.1. The SMILES string of the molecule is COc1cccc(F)c1CCc1c(F)cc(-c2cnc(C)nc2C)c2nncn12.COc1cccc(F)c1CCc1c(F)cc(Br)c2nncn12.Cc1ncc(B2OC(C)(C)C(C)(C)O2)c(C)n1.[B]B([B])B([B])B(B([B])[B])B(B([B])[B])B([B])[B]. The molecule has 402 valence electrons. The Morgan fingerprint density at radius 1 is 0.571 bits per heavy atom. The minimum atomic E-state index is -0.807. The third-order valence-electron chi connectivity index (χ3n) is 14.7. The van der Waals surface area contributed by atoms with Crippen LogP contribution in [0.4, 0.5) is 17.6 Å². The number of hydrogen-bond donors (Lipinski definition) is 0. The van der Waals surface area contributed by atoms with Crippen molar-refractivity contribution in [2.24, 2.45) is 0 Å². The number of methoxy groups -OCH3 is 2. The van der Waals surface area contributed by atoms with Crippen LogP contribution in [-0.2, 0) is 35.0 Å². The fourth-order valence-electron chi connectivity index (χ4n) is 9.52. The van der Waals surface area contributed by atoms with Crippen molar-refractivity contribution >= 4 is 154 Å². The lowest BCUT2D eigenvalue weighted by molar-refractivity contribution is 0.00578. The number of benzene rings is 2. The molecule has 1 fully saturated rings. The van der Waals surface area contributed by atoms with E-state index in [1.807, 2.05) is 48.5 Å². The number of fused-ring (bicyclic) bond motifs is 2. The van der Waals surface area contributed by atoms with Crippen molar-refractivity contribution in [2.45, 2.75) is 92.3 Å². The van der Waals surface area contributed by atoms with Gasteiger partial charge in [0.15, 0.2) is 11.3 Å². The molecule has 0 amide bonds. The molecule has 2 aromatic carbocycles. The van der Waals surface area contributed by atoms with Crippen molar-refractivity contribution in [3.05, 3.63) is 147 Å². The lowest BCUT2D eigenvalue weighted by Gasteiger charge is -2.37. The smallest absolute Gasteiger partial charge is 0.496 e. The highest BCUT2D eigenvalue weighted by molar-refractivity contribution is 9.10. The molecule has 7 heterocycles. The van der Waals surface area contributed by atoms with Crippen LogP contribution in [0, 0.1) is 51.0 Å². The van der Waals surface area contributed by atoms with Crippen LogP contribution in [0.1, 0.15) is 73.2 Å². The zero-order valence-electron chi connectivity index (χ0n) is 48.6. The molecule has 14 nitrogen and oxygen atoms in total. The first-order valence-corrected chi connectivity index (χ1v) is 27.4. The highest BCUT2D eigenvalue weighted by Gasteiger charge is 2.52. The molecule has 1 aliphatic rings. The number of pyridine rings is 2. The van der Waals surface area contributed by atoms with Gasteiger partial charge in [0.2, 0.25) is 0 Å². The molecule has 0 unspecified atom stereocenters. The van der Waals surface area contributed by atoms with Crippen molar-refractivity contribution in [3.8, 4) is 22.6 Å². The first-order valence-electron chi connectivity index (χ1n) is 26.6. The molecule has 36 heteroatoms. The molecule has 0 atom stereocenters. The lowest BCUT2D eigenvalue weighted by Crippen LogP contribution is -2.75. The van der Waals surface area contributed by atoms with Gasteiger partial charge in [0, 0.05) is 166 Å². The van der Waals surface area contributed by atoms with Crippen molar-refractivity contribution in [1.82, 2.24) is 49.1 Å². The van der Waals surface area contributed by atoms with E-state index in [4.69, 9.17) is 88.4 Å². The van der Waals surface area contributed by atoms with Gasteiger partial charge in [0.05, 0.1) is 41.3 Å². The summed E-state index contributed by atoms with van der Waals surface area (Å²) in [4.78, 5) is 17.1. The molecule has 18 radical (unpaired) electrons. The van der Waals surface area contributed by atoms with E-state index in [9.17, 15) is 13.2 Å². The molecule has 84 heavy (non-hydrogen) atoms.